The average molecular weight is 317 g/mol. The van der Waals surface area contributed by atoms with Crippen molar-refractivity contribution in [1.29, 1.82) is 0 Å². The normalized spacial score (nSPS) is 28.9. The Morgan fingerprint density at radius 1 is 1.15 bits per heavy atom. The highest BCUT2D eigenvalue weighted by molar-refractivity contribution is 7.89. The minimum atomic E-state index is -3.39. The maximum atomic E-state index is 12.4. The molecule has 2 saturated heterocycles. The van der Waals surface area contributed by atoms with Gasteiger partial charge in [-0.2, -0.15) is 0 Å². The third-order valence-corrected chi connectivity index (χ3v) is 5.86. The molecular formula is C14H21ClN2O2S. The zero-order valence-corrected chi connectivity index (χ0v) is 13.1. The van der Waals surface area contributed by atoms with Crippen LogP contribution in [0.4, 0.5) is 0 Å². The van der Waals surface area contributed by atoms with Crippen LogP contribution in [0.15, 0.2) is 29.2 Å². The molecule has 2 heterocycles. The Morgan fingerprint density at radius 2 is 1.75 bits per heavy atom. The van der Waals surface area contributed by atoms with Crippen molar-refractivity contribution in [1.82, 2.24) is 10.0 Å². The molecule has 0 radical (unpaired) electrons. The van der Waals surface area contributed by atoms with Gasteiger partial charge in [0.1, 0.15) is 0 Å². The summed E-state index contributed by atoms with van der Waals surface area (Å²) in [5.74, 6) is 0. The van der Waals surface area contributed by atoms with Crippen LogP contribution in [-0.2, 0) is 10.0 Å². The third kappa shape index (κ3) is 3.17. The first-order chi connectivity index (χ1) is 9.04. The molecule has 2 fully saturated rings. The number of hydrogen-bond donors (Lipinski definition) is 2. The topological polar surface area (TPSA) is 58.2 Å². The molecule has 0 aliphatic carbocycles. The van der Waals surface area contributed by atoms with Gasteiger partial charge in [0.2, 0.25) is 10.0 Å². The van der Waals surface area contributed by atoms with E-state index in [1.165, 1.54) is 12.8 Å². The predicted molar refractivity (Wildman–Crippen MR) is 81.7 cm³/mol. The summed E-state index contributed by atoms with van der Waals surface area (Å²) in [5, 5.41) is 3.52. The van der Waals surface area contributed by atoms with Crippen LogP contribution in [0.2, 0.25) is 0 Å². The average Bonchev–Trinajstić information content (AvgIpc) is 2.68. The maximum absolute atomic E-state index is 12.4. The largest absolute Gasteiger partial charge is 0.311 e. The molecule has 2 aliphatic heterocycles. The first-order valence-electron chi connectivity index (χ1n) is 6.88. The SMILES string of the molecule is Cc1ccccc1S(=O)(=O)NC1CC2CCC(C1)N2.Cl. The summed E-state index contributed by atoms with van der Waals surface area (Å²) in [7, 11) is -3.39. The van der Waals surface area contributed by atoms with Crippen molar-refractivity contribution in [2.45, 2.75) is 55.6 Å². The van der Waals surface area contributed by atoms with Gasteiger partial charge in [0, 0.05) is 18.1 Å². The van der Waals surface area contributed by atoms with E-state index in [0.717, 1.165) is 18.4 Å². The van der Waals surface area contributed by atoms with Gasteiger partial charge < -0.3 is 5.32 Å². The van der Waals surface area contributed by atoms with Gasteiger partial charge in [0.25, 0.3) is 0 Å². The summed E-state index contributed by atoms with van der Waals surface area (Å²) in [4.78, 5) is 0.404. The fourth-order valence-electron chi connectivity index (χ4n) is 3.29. The molecule has 4 nitrogen and oxygen atoms in total. The van der Waals surface area contributed by atoms with Crippen LogP contribution in [0, 0.1) is 6.92 Å². The highest BCUT2D eigenvalue weighted by Gasteiger charge is 2.35. The molecule has 2 aliphatic rings. The Labute approximate surface area is 126 Å². The molecule has 2 N–H and O–H groups in total. The molecule has 20 heavy (non-hydrogen) atoms. The van der Waals surface area contributed by atoms with Gasteiger partial charge >= 0.3 is 0 Å². The standard InChI is InChI=1S/C14H20N2O2S.ClH/c1-10-4-2-3-5-14(10)19(17,18)16-13-8-11-6-7-12(9-13)15-11;/h2-5,11-13,15-16H,6-9H2,1H3;1H. The molecule has 0 saturated carbocycles. The zero-order valence-electron chi connectivity index (χ0n) is 11.5. The van der Waals surface area contributed by atoms with Gasteiger partial charge in [-0.05, 0) is 44.2 Å². The molecule has 2 atom stereocenters. The number of benzene rings is 1. The lowest BCUT2D eigenvalue weighted by atomic mass is 10.0. The van der Waals surface area contributed by atoms with E-state index in [2.05, 4.69) is 10.0 Å². The van der Waals surface area contributed by atoms with E-state index in [1.54, 1.807) is 12.1 Å². The van der Waals surface area contributed by atoms with E-state index < -0.39 is 10.0 Å². The van der Waals surface area contributed by atoms with Crippen LogP contribution in [0.5, 0.6) is 0 Å². The van der Waals surface area contributed by atoms with Gasteiger partial charge in [-0.3, -0.25) is 0 Å². The van der Waals surface area contributed by atoms with Gasteiger partial charge in [0.05, 0.1) is 4.90 Å². The first-order valence-corrected chi connectivity index (χ1v) is 8.37. The van der Waals surface area contributed by atoms with Crippen molar-refractivity contribution in [3.63, 3.8) is 0 Å². The summed E-state index contributed by atoms with van der Waals surface area (Å²) < 4.78 is 27.7. The third-order valence-electron chi connectivity index (χ3n) is 4.18. The second-order valence-corrected chi connectivity index (χ2v) is 7.38. The van der Waals surface area contributed by atoms with Crippen LogP contribution in [0.25, 0.3) is 0 Å². The van der Waals surface area contributed by atoms with E-state index in [4.69, 9.17) is 0 Å². The molecule has 6 heteroatoms. The molecule has 0 amide bonds. The lowest BCUT2D eigenvalue weighted by Crippen LogP contribution is -2.48. The van der Waals surface area contributed by atoms with E-state index in [1.807, 2.05) is 19.1 Å². The number of nitrogens with one attached hydrogen (secondary N) is 2. The van der Waals surface area contributed by atoms with Gasteiger partial charge in [-0.15, -0.1) is 12.4 Å². The monoisotopic (exact) mass is 316 g/mol. The second-order valence-electron chi connectivity index (χ2n) is 5.69. The van der Waals surface area contributed by atoms with Crippen molar-refractivity contribution in [2.75, 3.05) is 0 Å². The quantitative estimate of drug-likeness (QED) is 0.896. The number of halogens is 1. The minimum absolute atomic E-state index is 0. The Kier molecular flexibility index (Phi) is 4.74. The van der Waals surface area contributed by atoms with Crippen molar-refractivity contribution < 1.29 is 8.42 Å². The minimum Gasteiger partial charge on any atom is -0.311 e. The van der Waals surface area contributed by atoms with Crippen molar-refractivity contribution in [2.24, 2.45) is 0 Å². The van der Waals surface area contributed by atoms with E-state index >= 15 is 0 Å². The number of aryl methyl sites for hydroxylation is 1. The summed E-state index contributed by atoms with van der Waals surface area (Å²) in [6, 6.07) is 8.19. The molecule has 1 aromatic rings. The van der Waals surface area contributed by atoms with Gasteiger partial charge in [-0.25, -0.2) is 13.1 Å². The molecule has 112 valence electrons. The number of piperidine rings is 1. The lowest BCUT2D eigenvalue weighted by Gasteiger charge is -2.29. The Morgan fingerprint density at radius 3 is 2.35 bits per heavy atom. The Bertz CT molecular complexity index is 564. The Balaban J connectivity index is 0.00000147. The van der Waals surface area contributed by atoms with Gasteiger partial charge in [0.15, 0.2) is 0 Å². The van der Waals surface area contributed by atoms with Crippen molar-refractivity contribution in [3.05, 3.63) is 29.8 Å². The number of fused-ring (bicyclic) bond motifs is 2. The summed E-state index contributed by atoms with van der Waals surface area (Å²) in [5.41, 5.74) is 0.798. The smallest absolute Gasteiger partial charge is 0.241 e. The van der Waals surface area contributed by atoms with Crippen LogP contribution < -0.4 is 10.0 Å². The molecule has 1 aromatic carbocycles. The summed E-state index contributed by atoms with van der Waals surface area (Å²) in [6.07, 6.45) is 4.16. The van der Waals surface area contributed by atoms with Crippen LogP contribution in [-0.4, -0.2) is 26.5 Å². The van der Waals surface area contributed by atoms with Crippen LogP contribution in [0.3, 0.4) is 0 Å². The van der Waals surface area contributed by atoms with E-state index in [0.29, 0.717) is 17.0 Å². The van der Waals surface area contributed by atoms with E-state index in [-0.39, 0.29) is 18.4 Å². The first kappa shape index (κ1) is 15.8. The highest BCUT2D eigenvalue weighted by Crippen LogP contribution is 2.28. The molecule has 0 aromatic heterocycles. The summed E-state index contributed by atoms with van der Waals surface area (Å²) in [6.45, 7) is 1.83. The highest BCUT2D eigenvalue weighted by atomic mass is 35.5. The van der Waals surface area contributed by atoms with Gasteiger partial charge in [-0.1, -0.05) is 18.2 Å². The number of sulfonamides is 1. The lowest BCUT2D eigenvalue weighted by molar-refractivity contribution is 0.345. The predicted octanol–water partition coefficient (Wildman–Crippen LogP) is 1.98. The molecule has 3 rings (SSSR count). The summed E-state index contributed by atoms with van der Waals surface area (Å²) >= 11 is 0. The zero-order chi connectivity index (χ0) is 13.5. The molecule has 0 spiro atoms. The van der Waals surface area contributed by atoms with Crippen molar-refractivity contribution >= 4 is 22.4 Å². The van der Waals surface area contributed by atoms with Crippen LogP contribution >= 0.6 is 12.4 Å². The number of rotatable bonds is 3. The van der Waals surface area contributed by atoms with Crippen molar-refractivity contribution in [3.8, 4) is 0 Å². The van der Waals surface area contributed by atoms with Crippen LogP contribution in [0.1, 0.15) is 31.2 Å². The Hall–Kier alpha value is -0.620. The number of hydrogen-bond acceptors (Lipinski definition) is 3. The second kappa shape index (κ2) is 6.02. The maximum Gasteiger partial charge on any atom is 0.241 e. The molecular weight excluding hydrogens is 296 g/mol. The molecule has 2 unspecified atom stereocenters. The van der Waals surface area contributed by atoms with E-state index in [9.17, 15) is 8.42 Å². The molecule has 2 bridgehead atoms. The fourth-order valence-corrected chi connectivity index (χ4v) is 4.80. The fraction of sp³-hybridized carbons (Fsp3) is 0.571.